The Kier molecular flexibility index (Phi) is 7.53. The van der Waals surface area contributed by atoms with Crippen LogP contribution in [0.3, 0.4) is 0 Å². The molecule has 1 heterocycles. The predicted molar refractivity (Wildman–Crippen MR) is 94.5 cm³/mol. The number of piperazine rings is 1. The van der Waals surface area contributed by atoms with Crippen molar-refractivity contribution in [1.29, 1.82) is 0 Å². The highest BCUT2D eigenvalue weighted by Crippen LogP contribution is 2.16. The van der Waals surface area contributed by atoms with Crippen molar-refractivity contribution in [3.8, 4) is 0 Å². The number of hydrogen-bond acceptors (Lipinski definition) is 4. The third-order valence-corrected chi connectivity index (χ3v) is 4.24. The first-order valence-electron chi connectivity index (χ1n) is 8.79. The molecule has 7 nitrogen and oxygen atoms in total. The number of nitrogens with zero attached hydrogens (tertiary/aromatic N) is 1. The van der Waals surface area contributed by atoms with Crippen molar-refractivity contribution < 1.29 is 18.8 Å². The lowest BCUT2D eigenvalue weighted by atomic mass is 10.1. The monoisotopic (exact) mass is 364 g/mol. The minimum atomic E-state index is -0.645. The number of nitrogens with one attached hydrogen (secondary N) is 3. The Balaban J connectivity index is 1.89. The Morgan fingerprint density at radius 1 is 1.23 bits per heavy atom. The second-order valence-corrected chi connectivity index (χ2v) is 6.13. The molecule has 1 saturated heterocycles. The van der Waals surface area contributed by atoms with E-state index < -0.39 is 6.04 Å². The standard InChI is InChI=1S/C18H25FN4O3/c1-2-16(24)20-7-8-21-17(25)11-15-18(26)22-9-10-23(15)12-13-5-3-4-6-14(13)19/h3-6,15H,2,7-12H2,1H3,(H,20,24)(H,21,25)(H,22,26)/t15-/m0/s1. The van der Waals surface area contributed by atoms with Crippen LogP contribution in [0.2, 0.25) is 0 Å². The first-order chi connectivity index (χ1) is 12.5. The fraction of sp³-hybridized carbons (Fsp3) is 0.500. The first-order valence-corrected chi connectivity index (χ1v) is 8.79. The van der Waals surface area contributed by atoms with E-state index in [0.29, 0.717) is 38.2 Å². The minimum Gasteiger partial charge on any atom is -0.354 e. The Bertz CT molecular complexity index is 653. The van der Waals surface area contributed by atoms with Crippen LogP contribution in [-0.2, 0) is 20.9 Å². The molecule has 0 unspecified atom stereocenters. The van der Waals surface area contributed by atoms with Crippen LogP contribution in [0.1, 0.15) is 25.3 Å². The lowest BCUT2D eigenvalue weighted by molar-refractivity contribution is -0.134. The van der Waals surface area contributed by atoms with Gasteiger partial charge in [0.05, 0.1) is 12.5 Å². The highest BCUT2D eigenvalue weighted by atomic mass is 19.1. The molecule has 0 aliphatic carbocycles. The predicted octanol–water partition coefficient (Wildman–Crippen LogP) is 0.159. The lowest BCUT2D eigenvalue weighted by Gasteiger charge is -2.34. The second kappa shape index (κ2) is 9.86. The van der Waals surface area contributed by atoms with Gasteiger partial charge in [-0.1, -0.05) is 25.1 Å². The van der Waals surface area contributed by atoms with Crippen LogP contribution >= 0.6 is 0 Å². The summed E-state index contributed by atoms with van der Waals surface area (Å²) in [5, 5.41) is 8.10. The van der Waals surface area contributed by atoms with Gasteiger partial charge in [-0.25, -0.2) is 4.39 Å². The summed E-state index contributed by atoms with van der Waals surface area (Å²) in [7, 11) is 0. The molecule has 0 aromatic heterocycles. The van der Waals surface area contributed by atoms with Crippen molar-refractivity contribution in [2.24, 2.45) is 0 Å². The molecule has 0 radical (unpaired) electrons. The Morgan fingerprint density at radius 3 is 2.62 bits per heavy atom. The van der Waals surface area contributed by atoms with Crippen LogP contribution in [0.15, 0.2) is 24.3 Å². The highest BCUT2D eigenvalue weighted by molar-refractivity contribution is 5.88. The smallest absolute Gasteiger partial charge is 0.237 e. The molecule has 8 heteroatoms. The molecule has 1 fully saturated rings. The summed E-state index contributed by atoms with van der Waals surface area (Å²) < 4.78 is 13.9. The van der Waals surface area contributed by atoms with Gasteiger partial charge in [0.15, 0.2) is 0 Å². The van der Waals surface area contributed by atoms with Crippen molar-refractivity contribution in [2.75, 3.05) is 26.2 Å². The highest BCUT2D eigenvalue weighted by Gasteiger charge is 2.31. The molecular weight excluding hydrogens is 339 g/mol. The van der Waals surface area contributed by atoms with Crippen molar-refractivity contribution in [3.05, 3.63) is 35.6 Å². The summed E-state index contributed by atoms with van der Waals surface area (Å²) in [5.74, 6) is -0.923. The lowest BCUT2D eigenvalue weighted by Crippen LogP contribution is -2.56. The van der Waals surface area contributed by atoms with Gasteiger partial charge < -0.3 is 16.0 Å². The Morgan fingerprint density at radius 2 is 1.92 bits per heavy atom. The van der Waals surface area contributed by atoms with Crippen molar-refractivity contribution >= 4 is 17.7 Å². The molecule has 1 aliphatic rings. The zero-order chi connectivity index (χ0) is 18.9. The molecule has 0 spiro atoms. The van der Waals surface area contributed by atoms with E-state index >= 15 is 0 Å². The molecule has 2 rings (SSSR count). The molecule has 1 aromatic rings. The Hall–Kier alpha value is -2.48. The van der Waals surface area contributed by atoms with E-state index in [1.54, 1.807) is 25.1 Å². The van der Waals surface area contributed by atoms with Gasteiger partial charge in [0.2, 0.25) is 17.7 Å². The van der Waals surface area contributed by atoms with Crippen molar-refractivity contribution in [1.82, 2.24) is 20.9 Å². The van der Waals surface area contributed by atoms with E-state index in [-0.39, 0.29) is 36.5 Å². The number of rotatable bonds is 8. The van der Waals surface area contributed by atoms with Gasteiger partial charge in [-0.2, -0.15) is 0 Å². The maximum absolute atomic E-state index is 13.9. The maximum Gasteiger partial charge on any atom is 0.237 e. The summed E-state index contributed by atoms with van der Waals surface area (Å²) >= 11 is 0. The summed E-state index contributed by atoms with van der Waals surface area (Å²) in [4.78, 5) is 37.3. The van der Waals surface area contributed by atoms with Crippen LogP contribution in [0, 0.1) is 5.82 Å². The molecule has 3 amide bonds. The summed E-state index contributed by atoms with van der Waals surface area (Å²) in [6.07, 6.45) is 0.378. The maximum atomic E-state index is 13.9. The fourth-order valence-corrected chi connectivity index (χ4v) is 2.80. The number of carbonyl (C=O) groups excluding carboxylic acids is 3. The number of hydrogen-bond donors (Lipinski definition) is 3. The summed E-state index contributed by atoms with van der Waals surface area (Å²) in [6.45, 7) is 3.67. The minimum absolute atomic E-state index is 0.0119. The van der Waals surface area contributed by atoms with Gasteiger partial charge in [0.25, 0.3) is 0 Å². The molecular formula is C18H25FN4O3. The third kappa shape index (κ3) is 5.80. The molecule has 0 saturated carbocycles. The quantitative estimate of drug-likeness (QED) is 0.573. The van der Waals surface area contributed by atoms with Crippen LogP contribution in [0.25, 0.3) is 0 Å². The summed E-state index contributed by atoms with van der Waals surface area (Å²) in [6, 6.07) is 5.77. The van der Waals surface area contributed by atoms with Gasteiger partial charge in [-0.05, 0) is 6.07 Å². The molecule has 1 atom stereocenters. The van der Waals surface area contributed by atoms with Crippen LogP contribution in [-0.4, -0.2) is 54.8 Å². The SMILES string of the molecule is CCC(=O)NCCNC(=O)C[C@H]1C(=O)NCCN1Cc1ccccc1F. The van der Waals surface area contributed by atoms with E-state index in [0.717, 1.165) is 0 Å². The number of carbonyl (C=O) groups is 3. The van der Waals surface area contributed by atoms with Gasteiger partial charge in [0.1, 0.15) is 5.82 Å². The molecule has 1 aliphatic heterocycles. The van der Waals surface area contributed by atoms with E-state index in [4.69, 9.17) is 0 Å². The third-order valence-electron chi connectivity index (χ3n) is 4.24. The van der Waals surface area contributed by atoms with E-state index in [9.17, 15) is 18.8 Å². The number of benzene rings is 1. The van der Waals surface area contributed by atoms with E-state index in [1.165, 1.54) is 6.07 Å². The van der Waals surface area contributed by atoms with Gasteiger partial charge in [0, 0.05) is 44.7 Å². The second-order valence-electron chi connectivity index (χ2n) is 6.13. The van der Waals surface area contributed by atoms with Crippen LogP contribution in [0.4, 0.5) is 4.39 Å². The van der Waals surface area contributed by atoms with Gasteiger partial charge in [-0.3, -0.25) is 19.3 Å². The normalized spacial score (nSPS) is 17.5. The van der Waals surface area contributed by atoms with Gasteiger partial charge >= 0.3 is 0 Å². The average Bonchev–Trinajstić information content (AvgIpc) is 2.63. The number of amides is 3. The topological polar surface area (TPSA) is 90.5 Å². The molecule has 26 heavy (non-hydrogen) atoms. The zero-order valence-electron chi connectivity index (χ0n) is 14.9. The van der Waals surface area contributed by atoms with Crippen molar-refractivity contribution in [3.63, 3.8) is 0 Å². The molecule has 0 bridgehead atoms. The van der Waals surface area contributed by atoms with Gasteiger partial charge in [-0.15, -0.1) is 0 Å². The van der Waals surface area contributed by atoms with Crippen molar-refractivity contribution in [2.45, 2.75) is 32.4 Å². The largest absolute Gasteiger partial charge is 0.354 e. The Labute approximate surface area is 152 Å². The summed E-state index contributed by atoms with van der Waals surface area (Å²) in [5.41, 5.74) is 0.495. The molecule has 1 aromatic carbocycles. The molecule has 3 N–H and O–H groups in total. The average molecular weight is 364 g/mol. The van der Waals surface area contributed by atoms with Crippen LogP contribution in [0.5, 0.6) is 0 Å². The first kappa shape index (κ1) is 19.8. The van der Waals surface area contributed by atoms with Crippen LogP contribution < -0.4 is 16.0 Å². The number of halogens is 1. The van der Waals surface area contributed by atoms with E-state index in [1.807, 2.05) is 4.90 Å². The molecule has 142 valence electrons. The zero-order valence-corrected chi connectivity index (χ0v) is 14.9. The fourth-order valence-electron chi connectivity index (χ4n) is 2.80. The van der Waals surface area contributed by atoms with E-state index in [2.05, 4.69) is 16.0 Å².